The molecule has 4 aromatic rings. The zero-order valence-electron chi connectivity index (χ0n) is 16.3. The topological polar surface area (TPSA) is 39.2 Å². The van der Waals surface area contributed by atoms with E-state index in [1.165, 1.54) is 12.1 Å². The van der Waals surface area contributed by atoms with Gasteiger partial charge in [0.25, 0.3) is 0 Å². The molecule has 0 bridgehead atoms. The smallest absolute Gasteiger partial charge is 0.317 e. The summed E-state index contributed by atoms with van der Waals surface area (Å²) in [6, 6.07) is 21.7. The lowest BCUT2D eigenvalue weighted by Crippen LogP contribution is -2.36. The third-order valence-corrected chi connectivity index (χ3v) is 6.50. The quantitative estimate of drug-likeness (QED) is 0.329. The van der Waals surface area contributed by atoms with E-state index in [1.807, 2.05) is 61.5 Å². The summed E-state index contributed by atoms with van der Waals surface area (Å²) in [5, 5.41) is 1.07. The fraction of sp³-hybridized carbons (Fsp3) is 0.167. The van der Waals surface area contributed by atoms with Crippen molar-refractivity contribution in [3.8, 4) is 0 Å². The van der Waals surface area contributed by atoms with E-state index in [0.717, 1.165) is 20.8 Å². The third-order valence-electron chi connectivity index (χ3n) is 5.11. The average molecular weight is 440 g/mol. The van der Waals surface area contributed by atoms with Gasteiger partial charge in [-0.1, -0.05) is 60.1 Å². The van der Waals surface area contributed by atoms with Crippen molar-refractivity contribution in [3.05, 3.63) is 99.8 Å². The van der Waals surface area contributed by atoms with Crippen LogP contribution in [0.25, 0.3) is 10.2 Å². The first kappa shape index (κ1) is 20.5. The number of carbonyl (C=O) groups is 1. The molecular formula is C24H19ClFNO2S. The third kappa shape index (κ3) is 4.09. The van der Waals surface area contributed by atoms with Crippen LogP contribution in [-0.4, -0.2) is 11.0 Å². The molecule has 0 radical (unpaired) electrons. The Morgan fingerprint density at radius 2 is 1.80 bits per heavy atom. The number of thiazole rings is 1. The molecule has 1 aromatic heterocycles. The van der Waals surface area contributed by atoms with Crippen molar-refractivity contribution >= 4 is 39.1 Å². The summed E-state index contributed by atoms with van der Waals surface area (Å²) in [6.07, 6.45) is 0.375. The molecule has 0 aliphatic carbocycles. The van der Waals surface area contributed by atoms with Crippen molar-refractivity contribution in [2.75, 3.05) is 0 Å². The number of ether oxygens (including phenoxy) is 1. The molecule has 0 fully saturated rings. The van der Waals surface area contributed by atoms with Crippen LogP contribution in [0.3, 0.4) is 0 Å². The van der Waals surface area contributed by atoms with Crippen LogP contribution in [0.4, 0.5) is 4.39 Å². The van der Waals surface area contributed by atoms with Crippen LogP contribution >= 0.6 is 22.9 Å². The minimum Gasteiger partial charge on any atom is -0.460 e. The van der Waals surface area contributed by atoms with E-state index >= 15 is 0 Å². The number of rotatable bonds is 6. The molecule has 3 aromatic carbocycles. The van der Waals surface area contributed by atoms with Gasteiger partial charge in [-0.05, 0) is 36.8 Å². The predicted octanol–water partition coefficient (Wildman–Crippen LogP) is 6.33. The number of aromatic nitrogens is 1. The number of nitrogens with zero attached hydrogens (tertiary/aromatic N) is 1. The van der Waals surface area contributed by atoms with Gasteiger partial charge in [-0.2, -0.15) is 0 Å². The molecule has 0 saturated carbocycles. The Labute approximate surface area is 183 Å². The van der Waals surface area contributed by atoms with Gasteiger partial charge in [-0.3, -0.25) is 4.79 Å². The average Bonchev–Trinajstić information content (AvgIpc) is 3.16. The molecule has 0 unspecified atom stereocenters. The summed E-state index contributed by atoms with van der Waals surface area (Å²) in [5.41, 5.74) is 0.906. The van der Waals surface area contributed by atoms with Crippen LogP contribution in [0, 0.1) is 5.82 Å². The molecule has 1 atom stereocenters. The Morgan fingerprint density at radius 1 is 1.07 bits per heavy atom. The lowest BCUT2D eigenvalue weighted by atomic mass is 9.79. The second-order valence-electron chi connectivity index (χ2n) is 7.23. The number of hydrogen-bond acceptors (Lipinski definition) is 4. The number of halogens is 2. The van der Waals surface area contributed by atoms with E-state index in [0.29, 0.717) is 6.42 Å². The Hall–Kier alpha value is -2.76. The van der Waals surface area contributed by atoms with E-state index in [9.17, 15) is 9.18 Å². The van der Waals surface area contributed by atoms with Crippen LogP contribution in [0.15, 0.2) is 72.8 Å². The van der Waals surface area contributed by atoms with E-state index < -0.39 is 17.2 Å². The Kier molecular flexibility index (Phi) is 5.84. The molecule has 0 amide bonds. The highest BCUT2D eigenvalue weighted by Gasteiger charge is 2.38. The maximum atomic E-state index is 14.1. The number of benzene rings is 3. The van der Waals surface area contributed by atoms with Crippen molar-refractivity contribution in [1.29, 1.82) is 0 Å². The summed E-state index contributed by atoms with van der Waals surface area (Å²) in [7, 11) is 0. The van der Waals surface area contributed by atoms with Crippen molar-refractivity contribution in [2.24, 2.45) is 0 Å². The molecule has 0 aliphatic heterocycles. The van der Waals surface area contributed by atoms with E-state index in [2.05, 4.69) is 4.98 Å². The molecule has 3 nitrogen and oxygen atoms in total. The summed E-state index contributed by atoms with van der Waals surface area (Å²) >= 11 is 7.64. The lowest BCUT2D eigenvalue weighted by molar-refractivity contribution is -0.151. The van der Waals surface area contributed by atoms with Gasteiger partial charge in [0.1, 0.15) is 12.4 Å². The number of hydrogen-bond donors (Lipinski definition) is 0. The Balaban J connectivity index is 1.64. The summed E-state index contributed by atoms with van der Waals surface area (Å²) in [6.45, 7) is 1.60. The highest BCUT2D eigenvalue weighted by molar-refractivity contribution is 7.18. The molecule has 4 rings (SSSR count). The highest BCUT2D eigenvalue weighted by Crippen LogP contribution is 2.33. The normalized spacial score (nSPS) is 13.2. The fourth-order valence-corrected chi connectivity index (χ4v) is 4.70. The molecule has 152 valence electrons. The number of fused-ring (bicyclic) bond motifs is 1. The minimum absolute atomic E-state index is 0.169. The van der Waals surface area contributed by atoms with Gasteiger partial charge < -0.3 is 4.74 Å². The fourth-order valence-electron chi connectivity index (χ4n) is 3.36. The maximum Gasteiger partial charge on any atom is 0.317 e. The molecule has 0 saturated heterocycles. The molecular weight excluding hydrogens is 421 g/mol. The number of para-hydroxylation sites is 1. The van der Waals surface area contributed by atoms with Crippen LogP contribution in [0.1, 0.15) is 23.1 Å². The van der Waals surface area contributed by atoms with Crippen LogP contribution in [-0.2, 0) is 28.0 Å². The van der Waals surface area contributed by atoms with Gasteiger partial charge in [0.05, 0.1) is 25.7 Å². The summed E-state index contributed by atoms with van der Waals surface area (Å²) in [4.78, 5) is 18.0. The number of esters is 1. The zero-order valence-corrected chi connectivity index (χ0v) is 17.8. The maximum absolute atomic E-state index is 14.1. The predicted molar refractivity (Wildman–Crippen MR) is 118 cm³/mol. The van der Waals surface area contributed by atoms with Crippen molar-refractivity contribution in [3.63, 3.8) is 0 Å². The highest BCUT2D eigenvalue weighted by atomic mass is 35.5. The van der Waals surface area contributed by atoms with E-state index in [4.69, 9.17) is 16.3 Å². The van der Waals surface area contributed by atoms with Gasteiger partial charge in [-0.25, -0.2) is 9.37 Å². The molecule has 1 heterocycles. The molecule has 30 heavy (non-hydrogen) atoms. The first-order valence-corrected chi connectivity index (χ1v) is 10.7. The molecule has 6 heteroatoms. The molecule has 0 spiro atoms. The lowest BCUT2D eigenvalue weighted by Gasteiger charge is -2.27. The second kappa shape index (κ2) is 8.54. The largest absolute Gasteiger partial charge is 0.460 e. The van der Waals surface area contributed by atoms with Crippen LogP contribution < -0.4 is 0 Å². The molecule has 0 N–H and O–H groups in total. The summed E-state index contributed by atoms with van der Waals surface area (Å²) < 4.78 is 20.7. The first-order chi connectivity index (χ1) is 14.5. The van der Waals surface area contributed by atoms with Crippen LogP contribution in [0.5, 0.6) is 0 Å². The second-order valence-corrected chi connectivity index (χ2v) is 8.75. The SMILES string of the molecule is C[C@](Cc1nc2ccccc2s1)(C(=O)OCc1c(F)cccc1Cl)c1ccccc1. The standard InChI is InChI=1S/C24H19ClFNO2S/c1-24(16-8-3-2-4-9-16,14-22-27-20-12-5-6-13-21(20)30-22)23(28)29-15-17-18(25)10-7-11-19(17)26/h2-13H,14-15H2,1H3/t24-/m1/s1. The van der Waals surface area contributed by atoms with Gasteiger partial charge in [0.2, 0.25) is 0 Å². The zero-order chi connectivity index (χ0) is 21.1. The monoisotopic (exact) mass is 439 g/mol. The Morgan fingerprint density at radius 3 is 2.53 bits per heavy atom. The van der Waals surface area contributed by atoms with Gasteiger partial charge in [0, 0.05) is 12.0 Å². The van der Waals surface area contributed by atoms with E-state index in [-0.39, 0.29) is 17.2 Å². The van der Waals surface area contributed by atoms with E-state index in [1.54, 1.807) is 17.4 Å². The first-order valence-electron chi connectivity index (χ1n) is 9.47. The Bertz CT molecular complexity index is 1140. The summed E-state index contributed by atoms with van der Waals surface area (Å²) in [5.74, 6) is -0.949. The van der Waals surface area contributed by atoms with Crippen molar-refractivity contribution < 1.29 is 13.9 Å². The van der Waals surface area contributed by atoms with Crippen molar-refractivity contribution in [1.82, 2.24) is 4.98 Å². The van der Waals surface area contributed by atoms with Crippen LogP contribution in [0.2, 0.25) is 5.02 Å². The number of carbonyl (C=O) groups excluding carboxylic acids is 1. The van der Waals surface area contributed by atoms with Gasteiger partial charge >= 0.3 is 5.97 Å². The minimum atomic E-state index is -0.979. The molecule has 0 aliphatic rings. The van der Waals surface area contributed by atoms with Gasteiger partial charge in [-0.15, -0.1) is 11.3 Å². The van der Waals surface area contributed by atoms with Gasteiger partial charge in [0.15, 0.2) is 0 Å². The van der Waals surface area contributed by atoms with Crippen molar-refractivity contribution in [2.45, 2.75) is 25.4 Å².